The summed E-state index contributed by atoms with van der Waals surface area (Å²) in [5, 5.41) is 2.81. The molecule has 3 nitrogen and oxygen atoms in total. The van der Waals surface area contributed by atoms with Gasteiger partial charge in [-0.25, -0.2) is 0 Å². The summed E-state index contributed by atoms with van der Waals surface area (Å²) in [7, 11) is 0. The molecule has 1 saturated heterocycles. The predicted molar refractivity (Wildman–Crippen MR) is 88.4 cm³/mol. The minimum Gasteiger partial charge on any atom is -0.368 e. The van der Waals surface area contributed by atoms with Crippen LogP contribution in [0.3, 0.4) is 0 Å². The molecule has 1 amide bonds. The first-order valence-corrected chi connectivity index (χ1v) is 9.30. The molecule has 6 heteroatoms. The number of halogens is 1. The monoisotopic (exact) mass is 373 g/mol. The summed E-state index contributed by atoms with van der Waals surface area (Å²) in [5.74, 6) is 0.126. The number of amides is 1. The average Bonchev–Trinajstić information content (AvgIpc) is 2.96. The van der Waals surface area contributed by atoms with Gasteiger partial charge in [0.2, 0.25) is 0 Å². The lowest BCUT2D eigenvalue weighted by molar-refractivity contribution is -0.116. The Morgan fingerprint density at radius 2 is 2.35 bits per heavy atom. The number of carbonyl (C=O) groups is 1. The van der Waals surface area contributed by atoms with Gasteiger partial charge in [0.05, 0.1) is 16.6 Å². The molecule has 20 heavy (non-hydrogen) atoms. The molecule has 0 radical (unpaired) electrons. The van der Waals surface area contributed by atoms with Gasteiger partial charge in [0.25, 0.3) is 5.91 Å². The highest BCUT2D eigenvalue weighted by Crippen LogP contribution is 2.32. The molecule has 0 bridgehead atoms. The first kappa shape index (κ1) is 14.5. The van der Waals surface area contributed by atoms with Crippen molar-refractivity contribution in [3.05, 3.63) is 22.4 Å². The molecular formula is C14H16BrNO2S2. The molecule has 1 aliphatic heterocycles. The lowest BCUT2D eigenvalue weighted by atomic mass is 10.1. The van der Waals surface area contributed by atoms with Gasteiger partial charge < -0.3 is 9.64 Å². The standard InChI is InChI=1S/C14H16BrNO2S2/c1-14(2)8-16(7-9(6-15)18-14)13(17)12-5-11-10(20-12)3-4-19-11/h3-5,9H,6-8H2,1-2H3. The lowest BCUT2D eigenvalue weighted by Gasteiger charge is -2.42. The Balaban J connectivity index is 1.83. The van der Waals surface area contributed by atoms with Crippen molar-refractivity contribution in [1.82, 2.24) is 4.90 Å². The van der Waals surface area contributed by atoms with E-state index in [0.717, 1.165) is 10.2 Å². The molecule has 0 aromatic carbocycles. The fraction of sp³-hybridized carbons (Fsp3) is 0.500. The van der Waals surface area contributed by atoms with Gasteiger partial charge in [-0.05, 0) is 31.4 Å². The maximum Gasteiger partial charge on any atom is 0.264 e. The van der Waals surface area contributed by atoms with Crippen LogP contribution in [0.4, 0.5) is 0 Å². The molecule has 1 unspecified atom stereocenters. The molecule has 0 aliphatic carbocycles. The molecule has 0 N–H and O–H groups in total. The van der Waals surface area contributed by atoms with Crippen LogP contribution in [0.1, 0.15) is 23.5 Å². The van der Waals surface area contributed by atoms with Gasteiger partial charge in [0, 0.05) is 27.8 Å². The van der Waals surface area contributed by atoms with E-state index in [0.29, 0.717) is 13.1 Å². The van der Waals surface area contributed by atoms with E-state index in [1.807, 2.05) is 24.8 Å². The molecule has 2 aromatic rings. The van der Waals surface area contributed by atoms with Gasteiger partial charge >= 0.3 is 0 Å². The Hall–Kier alpha value is -0.430. The van der Waals surface area contributed by atoms with Crippen molar-refractivity contribution in [2.75, 3.05) is 18.4 Å². The summed E-state index contributed by atoms with van der Waals surface area (Å²) in [5.41, 5.74) is -0.291. The molecule has 108 valence electrons. The van der Waals surface area contributed by atoms with Crippen molar-refractivity contribution < 1.29 is 9.53 Å². The van der Waals surface area contributed by atoms with E-state index in [1.54, 1.807) is 22.7 Å². The van der Waals surface area contributed by atoms with Crippen LogP contribution in [0.5, 0.6) is 0 Å². The molecule has 3 rings (SSSR count). The Morgan fingerprint density at radius 3 is 3.05 bits per heavy atom. The van der Waals surface area contributed by atoms with Gasteiger partial charge in [-0.3, -0.25) is 4.79 Å². The summed E-state index contributed by atoms with van der Waals surface area (Å²) < 4.78 is 8.34. The van der Waals surface area contributed by atoms with E-state index in [1.165, 1.54) is 9.40 Å². The number of fused-ring (bicyclic) bond motifs is 1. The van der Waals surface area contributed by atoms with Crippen LogP contribution in [0, 0.1) is 0 Å². The normalized spacial score (nSPS) is 22.4. The van der Waals surface area contributed by atoms with Crippen molar-refractivity contribution in [3.8, 4) is 0 Å². The number of rotatable bonds is 2. The number of ether oxygens (including phenoxy) is 1. The van der Waals surface area contributed by atoms with E-state index in [2.05, 4.69) is 27.4 Å². The summed E-state index contributed by atoms with van der Waals surface area (Å²) in [6.45, 7) is 5.37. The van der Waals surface area contributed by atoms with Crippen LogP contribution in [-0.4, -0.2) is 40.9 Å². The molecular weight excluding hydrogens is 358 g/mol. The van der Waals surface area contributed by atoms with Crippen LogP contribution >= 0.6 is 38.6 Å². The third-order valence-electron chi connectivity index (χ3n) is 3.29. The SMILES string of the molecule is CC1(C)CN(C(=O)c2cc3sccc3s2)CC(CBr)O1. The number of carbonyl (C=O) groups excluding carboxylic acids is 1. The Bertz CT molecular complexity index is 605. The lowest BCUT2D eigenvalue weighted by Crippen LogP contribution is -2.55. The fourth-order valence-corrected chi connectivity index (χ4v) is 4.97. The maximum absolute atomic E-state index is 12.7. The van der Waals surface area contributed by atoms with E-state index in [-0.39, 0.29) is 17.6 Å². The molecule has 1 fully saturated rings. The Kier molecular flexibility index (Phi) is 3.92. The van der Waals surface area contributed by atoms with Gasteiger partial charge in [-0.15, -0.1) is 22.7 Å². The molecule has 0 saturated carbocycles. The second kappa shape index (κ2) is 5.40. The highest BCUT2D eigenvalue weighted by atomic mass is 79.9. The second-order valence-corrected chi connectivity index (χ2v) is 8.28. The van der Waals surface area contributed by atoms with Crippen molar-refractivity contribution in [3.63, 3.8) is 0 Å². The summed E-state index contributed by atoms with van der Waals surface area (Å²) in [6, 6.07) is 4.09. The number of nitrogens with zero attached hydrogens (tertiary/aromatic N) is 1. The molecule has 1 aliphatic rings. The quantitative estimate of drug-likeness (QED) is 0.745. The minimum atomic E-state index is -0.291. The van der Waals surface area contributed by atoms with E-state index in [4.69, 9.17) is 4.74 Å². The summed E-state index contributed by atoms with van der Waals surface area (Å²) in [4.78, 5) is 15.4. The number of morpholine rings is 1. The molecule has 0 spiro atoms. The largest absolute Gasteiger partial charge is 0.368 e. The van der Waals surface area contributed by atoms with Crippen LogP contribution in [-0.2, 0) is 4.74 Å². The van der Waals surface area contributed by atoms with Crippen LogP contribution < -0.4 is 0 Å². The zero-order valence-corrected chi connectivity index (χ0v) is 14.6. The van der Waals surface area contributed by atoms with E-state index >= 15 is 0 Å². The second-order valence-electron chi connectivity index (χ2n) is 5.60. The van der Waals surface area contributed by atoms with E-state index in [9.17, 15) is 4.79 Å². The van der Waals surface area contributed by atoms with Crippen LogP contribution in [0.25, 0.3) is 9.40 Å². The van der Waals surface area contributed by atoms with Gasteiger partial charge in [-0.2, -0.15) is 0 Å². The molecule has 3 heterocycles. The van der Waals surface area contributed by atoms with Crippen molar-refractivity contribution in [1.29, 1.82) is 0 Å². The number of hydrogen-bond donors (Lipinski definition) is 0. The first-order valence-electron chi connectivity index (χ1n) is 6.48. The van der Waals surface area contributed by atoms with Crippen molar-refractivity contribution >= 4 is 53.9 Å². The van der Waals surface area contributed by atoms with E-state index < -0.39 is 0 Å². The number of thiophene rings is 2. The summed E-state index contributed by atoms with van der Waals surface area (Å²) >= 11 is 6.72. The zero-order chi connectivity index (χ0) is 14.3. The molecule has 1 atom stereocenters. The van der Waals surface area contributed by atoms with Crippen molar-refractivity contribution in [2.45, 2.75) is 25.6 Å². The maximum atomic E-state index is 12.7. The Labute approximate surface area is 134 Å². The van der Waals surface area contributed by atoms with Crippen LogP contribution in [0.15, 0.2) is 17.5 Å². The fourth-order valence-electron chi connectivity index (χ4n) is 2.56. The third-order valence-corrected chi connectivity index (χ3v) is 6.09. The van der Waals surface area contributed by atoms with Gasteiger partial charge in [0.15, 0.2) is 0 Å². The van der Waals surface area contributed by atoms with Gasteiger partial charge in [0.1, 0.15) is 0 Å². The number of hydrogen-bond acceptors (Lipinski definition) is 4. The molecule has 2 aromatic heterocycles. The Morgan fingerprint density at radius 1 is 1.55 bits per heavy atom. The third kappa shape index (κ3) is 2.79. The summed E-state index contributed by atoms with van der Waals surface area (Å²) in [6.07, 6.45) is 0.0591. The average molecular weight is 374 g/mol. The minimum absolute atomic E-state index is 0.0591. The van der Waals surface area contributed by atoms with Gasteiger partial charge in [-0.1, -0.05) is 15.9 Å². The highest BCUT2D eigenvalue weighted by Gasteiger charge is 2.35. The number of alkyl halides is 1. The zero-order valence-electron chi connectivity index (χ0n) is 11.4. The first-order chi connectivity index (χ1) is 9.48. The van der Waals surface area contributed by atoms with Crippen LogP contribution in [0.2, 0.25) is 0 Å². The topological polar surface area (TPSA) is 29.5 Å². The predicted octanol–water partition coefficient (Wildman–Crippen LogP) is 3.98. The highest BCUT2D eigenvalue weighted by molar-refractivity contribution is 9.09. The smallest absolute Gasteiger partial charge is 0.264 e. The van der Waals surface area contributed by atoms with Crippen molar-refractivity contribution in [2.24, 2.45) is 0 Å².